The highest BCUT2D eigenvalue weighted by molar-refractivity contribution is 4.89. The van der Waals surface area contributed by atoms with E-state index in [9.17, 15) is 0 Å². The van der Waals surface area contributed by atoms with Gasteiger partial charge in [0.2, 0.25) is 0 Å². The molecule has 17 heavy (non-hydrogen) atoms. The maximum atomic E-state index is 6.29. The van der Waals surface area contributed by atoms with Gasteiger partial charge in [-0.05, 0) is 52.2 Å². The average molecular weight is 241 g/mol. The van der Waals surface area contributed by atoms with Crippen LogP contribution in [0.1, 0.15) is 33.1 Å². The van der Waals surface area contributed by atoms with Crippen LogP contribution in [0.5, 0.6) is 0 Å². The minimum absolute atomic E-state index is 0.372. The quantitative estimate of drug-likeness (QED) is 0.794. The predicted molar refractivity (Wildman–Crippen MR) is 75.1 cm³/mol. The Labute approximate surface area is 107 Å². The van der Waals surface area contributed by atoms with E-state index in [1.54, 1.807) is 0 Å². The smallest absolute Gasteiger partial charge is 0.0247 e. The van der Waals surface area contributed by atoms with Gasteiger partial charge in [0.25, 0.3) is 0 Å². The molecule has 0 radical (unpaired) electrons. The molecule has 1 saturated carbocycles. The fourth-order valence-electron chi connectivity index (χ4n) is 2.84. The molecule has 0 bridgehead atoms. The molecule has 0 amide bonds. The molecular formula is C14H31N3. The van der Waals surface area contributed by atoms with Crippen LogP contribution in [0.15, 0.2) is 0 Å². The number of likely N-dealkylation sites (N-methyl/N-ethyl adjacent to an activating group) is 2. The lowest BCUT2D eigenvalue weighted by Crippen LogP contribution is -2.51. The van der Waals surface area contributed by atoms with Gasteiger partial charge in [-0.25, -0.2) is 0 Å². The molecule has 0 heterocycles. The van der Waals surface area contributed by atoms with Gasteiger partial charge in [-0.3, -0.25) is 0 Å². The summed E-state index contributed by atoms with van der Waals surface area (Å²) in [5, 5.41) is 0. The van der Waals surface area contributed by atoms with Gasteiger partial charge in [-0.2, -0.15) is 0 Å². The van der Waals surface area contributed by atoms with Crippen LogP contribution in [-0.4, -0.2) is 56.1 Å². The normalized spacial score (nSPS) is 30.5. The molecule has 0 aromatic carbocycles. The van der Waals surface area contributed by atoms with Gasteiger partial charge < -0.3 is 15.5 Å². The van der Waals surface area contributed by atoms with Crippen molar-refractivity contribution in [2.45, 2.75) is 45.2 Å². The Kier molecular flexibility index (Phi) is 5.90. The second-order valence-corrected chi connectivity index (χ2v) is 6.33. The maximum Gasteiger partial charge on any atom is 0.0247 e. The zero-order valence-corrected chi connectivity index (χ0v) is 12.3. The third kappa shape index (κ3) is 4.57. The third-order valence-electron chi connectivity index (χ3n) is 4.32. The van der Waals surface area contributed by atoms with Crippen LogP contribution in [0, 0.1) is 11.8 Å². The number of nitrogens with zero attached hydrogens (tertiary/aromatic N) is 2. The average Bonchev–Trinajstić information content (AvgIpc) is 2.26. The second-order valence-electron chi connectivity index (χ2n) is 6.33. The lowest BCUT2D eigenvalue weighted by atomic mass is 9.77. The van der Waals surface area contributed by atoms with E-state index in [4.69, 9.17) is 5.73 Å². The highest BCUT2D eigenvalue weighted by atomic mass is 15.2. The Morgan fingerprint density at radius 3 is 2.29 bits per heavy atom. The standard InChI is InChI=1S/C14H31N3/c1-11(2)12-6-7-13(15)14(10-12)17(5)9-8-16(3)4/h11-14H,6-10,15H2,1-5H3. The van der Waals surface area contributed by atoms with Crippen molar-refractivity contribution in [3.8, 4) is 0 Å². The summed E-state index contributed by atoms with van der Waals surface area (Å²) in [6, 6.07) is 0.952. The summed E-state index contributed by atoms with van der Waals surface area (Å²) < 4.78 is 0. The van der Waals surface area contributed by atoms with Crippen molar-refractivity contribution in [3.05, 3.63) is 0 Å². The lowest BCUT2D eigenvalue weighted by molar-refractivity contribution is 0.112. The fraction of sp³-hybridized carbons (Fsp3) is 1.00. The maximum absolute atomic E-state index is 6.29. The van der Waals surface area contributed by atoms with E-state index in [0.717, 1.165) is 24.9 Å². The van der Waals surface area contributed by atoms with Gasteiger partial charge in [0.1, 0.15) is 0 Å². The SMILES string of the molecule is CC(C)C1CCC(N)C(N(C)CCN(C)C)C1. The summed E-state index contributed by atoms with van der Waals surface area (Å²) in [6.07, 6.45) is 3.79. The van der Waals surface area contributed by atoms with Crippen molar-refractivity contribution < 1.29 is 0 Å². The van der Waals surface area contributed by atoms with Gasteiger partial charge in [0, 0.05) is 25.2 Å². The van der Waals surface area contributed by atoms with Gasteiger partial charge in [-0.1, -0.05) is 13.8 Å². The molecule has 2 N–H and O–H groups in total. The van der Waals surface area contributed by atoms with Crippen molar-refractivity contribution in [1.29, 1.82) is 0 Å². The monoisotopic (exact) mass is 241 g/mol. The predicted octanol–water partition coefficient (Wildman–Crippen LogP) is 1.63. The van der Waals surface area contributed by atoms with Crippen molar-refractivity contribution in [2.75, 3.05) is 34.2 Å². The second kappa shape index (κ2) is 6.72. The summed E-state index contributed by atoms with van der Waals surface area (Å²) in [5.41, 5.74) is 6.29. The first kappa shape index (κ1) is 14.9. The van der Waals surface area contributed by atoms with E-state index >= 15 is 0 Å². The molecule has 3 unspecified atom stereocenters. The minimum atomic E-state index is 0.372. The summed E-state index contributed by atoms with van der Waals surface area (Å²) in [7, 11) is 6.49. The first-order chi connectivity index (χ1) is 7.91. The Bertz CT molecular complexity index is 216. The van der Waals surface area contributed by atoms with Crippen LogP contribution >= 0.6 is 0 Å². The Morgan fingerprint density at radius 1 is 1.12 bits per heavy atom. The molecule has 1 aliphatic carbocycles. The van der Waals surface area contributed by atoms with Crippen molar-refractivity contribution in [3.63, 3.8) is 0 Å². The first-order valence-corrected chi connectivity index (χ1v) is 7.02. The number of rotatable bonds is 5. The molecule has 1 fully saturated rings. The fourth-order valence-corrected chi connectivity index (χ4v) is 2.84. The summed E-state index contributed by atoms with van der Waals surface area (Å²) in [4.78, 5) is 4.71. The summed E-state index contributed by atoms with van der Waals surface area (Å²) >= 11 is 0. The largest absolute Gasteiger partial charge is 0.326 e. The van der Waals surface area contributed by atoms with E-state index < -0.39 is 0 Å². The molecule has 0 spiro atoms. The molecule has 3 atom stereocenters. The summed E-state index contributed by atoms with van der Waals surface area (Å²) in [6.45, 7) is 6.93. The number of hydrogen-bond acceptors (Lipinski definition) is 3. The van der Waals surface area contributed by atoms with Crippen LogP contribution in [0.2, 0.25) is 0 Å². The Balaban J connectivity index is 2.48. The van der Waals surface area contributed by atoms with E-state index in [1.807, 2.05) is 0 Å². The zero-order chi connectivity index (χ0) is 13.0. The third-order valence-corrected chi connectivity index (χ3v) is 4.32. The van der Waals surface area contributed by atoms with Crippen molar-refractivity contribution in [1.82, 2.24) is 9.80 Å². The van der Waals surface area contributed by atoms with Crippen LogP contribution in [0.3, 0.4) is 0 Å². The number of nitrogens with two attached hydrogens (primary N) is 1. The van der Waals surface area contributed by atoms with Crippen LogP contribution in [0.4, 0.5) is 0 Å². The molecular weight excluding hydrogens is 210 g/mol. The van der Waals surface area contributed by atoms with Crippen molar-refractivity contribution >= 4 is 0 Å². The molecule has 102 valence electrons. The Morgan fingerprint density at radius 2 is 1.76 bits per heavy atom. The van der Waals surface area contributed by atoms with Crippen LogP contribution in [-0.2, 0) is 0 Å². The van der Waals surface area contributed by atoms with E-state index in [1.165, 1.54) is 19.3 Å². The van der Waals surface area contributed by atoms with Crippen LogP contribution < -0.4 is 5.73 Å². The lowest BCUT2D eigenvalue weighted by Gasteiger charge is -2.41. The highest BCUT2D eigenvalue weighted by Gasteiger charge is 2.31. The molecule has 0 saturated heterocycles. The van der Waals surface area contributed by atoms with Crippen molar-refractivity contribution in [2.24, 2.45) is 17.6 Å². The van der Waals surface area contributed by atoms with Gasteiger partial charge >= 0.3 is 0 Å². The zero-order valence-electron chi connectivity index (χ0n) is 12.3. The van der Waals surface area contributed by atoms with Gasteiger partial charge in [-0.15, -0.1) is 0 Å². The van der Waals surface area contributed by atoms with E-state index in [2.05, 4.69) is 44.8 Å². The topological polar surface area (TPSA) is 32.5 Å². The molecule has 1 aliphatic rings. The van der Waals surface area contributed by atoms with E-state index in [-0.39, 0.29) is 0 Å². The summed E-state index contributed by atoms with van der Waals surface area (Å²) in [5.74, 6) is 1.66. The first-order valence-electron chi connectivity index (χ1n) is 7.02. The highest BCUT2D eigenvalue weighted by Crippen LogP contribution is 2.31. The molecule has 3 nitrogen and oxygen atoms in total. The molecule has 0 aromatic rings. The minimum Gasteiger partial charge on any atom is -0.326 e. The molecule has 1 rings (SSSR count). The van der Waals surface area contributed by atoms with E-state index in [0.29, 0.717) is 12.1 Å². The van der Waals surface area contributed by atoms with Gasteiger partial charge in [0.15, 0.2) is 0 Å². The number of hydrogen-bond donors (Lipinski definition) is 1. The van der Waals surface area contributed by atoms with Crippen LogP contribution in [0.25, 0.3) is 0 Å². The molecule has 3 heteroatoms. The molecule has 0 aliphatic heterocycles. The van der Waals surface area contributed by atoms with Gasteiger partial charge in [0.05, 0.1) is 0 Å². The molecule has 0 aromatic heterocycles. The Hall–Kier alpha value is -0.120.